The number of benzene rings is 4. The fourth-order valence-electron chi connectivity index (χ4n) is 4.57. The highest BCUT2D eigenvalue weighted by atomic mass is 35.5. The quantitative estimate of drug-likeness (QED) is 0.103. The van der Waals surface area contributed by atoms with Gasteiger partial charge >= 0.3 is 5.97 Å². The Morgan fingerprint density at radius 3 is 2.59 bits per heavy atom. The van der Waals surface area contributed by atoms with E-state index >= 15 is 0 Å². The molecule has 1 N–H and O–H groups in total. The number of hydrogen-bond donors (Lipinski definition) is 1. The van der Waals surface area contributed by atoms with Crippen molar-refractivity contribution >= 4 is 68.9 Å². The van der Waals surface area contributed by atoms with Crippen LogP contribution in [0.5, 0.6) is 5.75 Å². The number of hydrogen-bond acceptors (Lipinski definition) is 7. The number of para-hydroxylation sites is 1. The fraction of sp³-hybridized carbons (Fsp3) is 0.176. The predicted octanol–water partition coefficient (Wildman–Crippen LogP) is 7.70. The topological polar surface area (TPSA) is 102 Å². The Morgan fingerprint density at radius 1 is 0.977 bits per heavy atom. The van der Waals surface area contributed by atoms with Gasteiger partial charge in [0.1, 0.15) is 18.9 Å². The minimum Gasteiger partial charge on any atom is -0.488 e. The normalized spacial score (nSPS) is 13.9. The van der Waals surface area contributed by atoms with Gasteiger partial charge < -0.3 is 14.8 Å². The molecule has 0 saturated carbocycles. The molecule has 0 unspecified atom stereocenters. The van der Waals surface area contributed by atoms with Crippen molar-refractivity contribution in [3.8, 4) is 5.75 Å². The summed E-state index contributed by atoms with van der Waals surface area (Å²) in [5, 5.41) is 4.44. The summed E-state index contributed by atoms with van der Waals surface area (Å²) in [6, 6.07) is 25.7. The van der Waals surface area contributed by atoms with Crippen molar-refractivity contribution in [2.45, 2.75) is 26.4 Å². The van der Waals surface area contributed by atoms with Crippen molar-refractivity contribution < 1.29 is 28.7 Å². The minimum absolute atomic E-state index is 0.107. The van der Waals surface area contributed by atoms with Crippen LogP contribution < -0.4 is 10.1 Å². The maximum Gasteiger partial charge on any atom is 0.339 e. The summed E-state index contributed by atoms with van der Waals surface area (Å²) in [6.45, 7) is 2.05. The standard InChI is InChI=1S/C34H29ClN2O6S/c1-2-3-17-42-33(40)27-19-25(15-16-28(27)35)36-31(38)20-37-32(39)30(44-34(37)41)18-23-10-5-7-14-29(23)43-21-24-12-8-11-22-9-4-6-13-26(22)24/h4-16,18-19H,2-3,17,20-21H2,1H3,(H,36,38)/b30-18-. The van der Waals surface area contributed by atoms with Gasteiger partial charge in [0.05, 0.1) is 22.1 Å². The first-order valence-corrected chi connectivity index (χ1v) is 15.2. The van der Waals surface area contributed by atoms with E-state index in [2.05, 4.69) is 5.32 Å². The molecule has 1 saturated heterocycles. The number of carbonyl (C=O) groups is 4. The first-order valence-electron chi connectivity index (χ1n) is 14.0. The Bertz CT molecular complexity index is 1770. The summed E-state index contributed by atoms with van der Waals surface area (Å²) in [4.78, 5) is 52.2. The lowest BCUT2D eigenvalue weighted by molar-refractivity contribution is -0.127. The highest BCUT2D eigenvalue weighted by molar-refractivity contribution is 8.18. The van der Waals surface area contributed by atoms with Crippen LogP contribution in [-0.2, 0) is 20.9 Å². The Labute approximate surface area is 264 Å². The molecule has 8 nitrogen and oxygen atoms in total. The largest absolute Gasteiger partial charge is 0.488 e. The average Bonchev–Trinajstić information content (AvgIpc) is 3.28. The van der Waals surface area contributed by atoms with Gasteiger partial charge in [-0.25, -0.2) is 4.79 Å². The molecular formula is C34H29ClN2O6S. The highest BCUT2D eigenvalue weighted by Crippen LogP contribution is 2.34. The summed E-state index contributed by atoms with van der Waals surface area (Å²) in [5.74, 6) is -1.25. The molecule has 44 heavy (non-hydrogen) atoms. The minimum atomic E-state index is -0.611. The Hall–Kier alpha value is -4.60. The molecule has 4 aromatic carbocycles. The second kappa shape index (κ2) is 14.2. The van der Waals surface area contributed by atoms with Crippen molar-refractivity contribution in [3.05, 3.63) is 112 Å². The van der Waals surface area contributed by atoms with E-state index in [1.54, 1.807) is 18.2 Å². The van der Waals surface area contributed by atoms with E-state index in [9.17, 15) is 19.2 Å². The number of nitrogens with one attached hydrogen (secondary N) is 1. The third-order valence-corrected chi connectivity index (χ3v) is 8.08. The Balaban J connectivity index is 1.25. The molecule has 0 spiro atoms. The van der Waals surface area contributed by atoms with Crippen LogP contribution in [0, 0.1) is 0 Å². The zero-order chi connectivity index (χ0) is 31.1. The average molecular weight is 629 g/mol. The number of carbonyl (C=O) groups excluding carboxylic acids is 4. The molecule has 1 aliphatic heterocycles. The monoisotopic (exact) mass is 628 g/mol. The first kappa shape index (κ1) is 30.8. The van der Waals surface area contributed by atoms with Crippen molar-refractivity contribution in [1.29, 1.82) is 0 Å². The lowest BCUT2D eigenvalue weighted by Gasteiger charge is -2.13. The number of amides is 3. The van der Waals surface area contributed by atoms with Gasteiger partial charge in [-0.05, 0) is 64.9 Å². The SMILES string of the molecule is CCCCOC(=O)c1cc(NC(=O)CN2C(=O)S/C(=C\c3ccccc3OCc3cccc4ccccc34)C2=O)ccc1Cl. The number of imide groups is 1. The molecule has 10 heteroatoms. The van der Waals surface area contributed by atoms with E-state index in [4.69, 9.17) is 21.1 Å². The van der Waals surface area contributed by atoms with Crippen molar-refractivity contribution in [2.24, 2.45) is 0 Å². The Kier molecular flexibility index (Phi) is 9.99. The van der Waals surface area contributed by atoms with E-state index in [0.29, 0.717) is 17.9 Å². The predicted molar refractivity (Wildman–Crippen MR) is 173 cm³/mol. The van der Waals surface area contributed by atoms with Crippen LogP contribution in [0.25, 0.3) is 16.8 Å². The van der Waals surface area contributed by atoms with Gasteiger partial charge in [-0.1, -0.05) is 85.6 Å². The molecular weight excluding hydrogens is 600 g/mol. The number of anilines is 1. The highest BCUT2D eigenvalue weighted by Gasteiger charge is 2.36. The second-order valence-corrected chi connectivity index (χ2v) is 11.4. The van der Waals surface area contributed by atoms with Crippen LogP contribution in [0.4, 0.5) is 10.5 Å². The summed E-state index contributed by atoms with van der Waals surface area (Å²) in [7, 11) is 0. The Morgan fingerprint density at radius 2 is 1.75 bits per heavy atom. The molecule has 4 aromatic rings. The van der Waals surface area contributed by atoms with Crippen LogP contribution in [0.2, 0.25) is 5.02 Å². The van der Waals surface area contributed by atoms with Crippen LogP contribution >= 0.6 is 23.4 Å². The number of ether oxygens (including phenoxy) is 2. The first-order chi connectivity index (χ1) is 21.3. The van der Waals surface area contributed by atoms with Crippen LogP contribution in [-0.4, -0.2) is 41.1 Å². The molecule has 0 aliphatic carbocycles. The van der Waals surface area contributed by atoms with Gasteiger partial charge in [0, 0.05) is 11.3 Å². The zero-order valence-corrected chi connectivity index (χ0v) is 25.5. The van der Waals surface area contributed by atoms with Crippen LogP contribution in [0.15, 0.2) is 89.8 Å². The van der Waals surface area contributed by atoms with Crippen LogP contribution in [0.1, 0.15) is 41.3 Å². The molecule has 0 bridgehead atoms. The molecule has 0 atom stereocenters. The summed E-state index contributed by atoms with van der Waals surface area (Å²) in [5.41, 5.74) is 2.03. The van der Waals surface area contributed by atoms with E-state index in [-0.39, 0.29) is 27.8 Å². The summed E-state index contributed by atoms with van der Waals surface area (Å²) >= 11 is 6.91. The van der Waals surface area contributed by atoms with Crippen molar-refractivity contribution in [2.75, 3.05) is 18.5 Å². The molecule has 5 rings (SSSR count). The molecule has 0 aromatic heterocycles. The van der Waals surface area contributed by atoms with Gasteiger partial charge in [-0.15, -0.1) is 0 Å². The third kappa shape index (κ3) is 7.30. The molecule has 0 radical (unpaired) electrons. The number of unbranched alkanes of at least 4 members (excludes halogenated alkanes) is 1. The maximum atomic E-state index is 13.2. The van der Waals surface area contributed by atoms with E-state index < -0.39 is 29.6 Å². The number of esters is 1. The number of halogens is 1. The molecule has 1 heterocycles. The number of nitrogens with zero attached hydrogens (tertiary/aromatic N) is 1. The van der Waals surface area contributed by atoms with Gasteiger partial charge in [0.2, 0.25) is 5.91 Å². The lowest BCUT2D eigenvalue weighted by Crippen LogP contribution is -2.36. The molecule has 1 aliphatic rings. The van der Waals surface area contributed by atoms with Gasteiger partial charge in [-0.3, -0.25) is 19.3 Å². The lowest BCUT2D eigenvalue weighted by atomic mass is 10.1. The summed E-state index contributed by atoms with van der Waals surface area (Å²) < 4.78 is 11.4. The number of fused-ring (bicyclic) bond motifs is 1. The molecule has 224 valence electrons. The second-order valence-electron chi connectivity index (χ2n) is 9.96. The van der Waals surface area contributed by atoms with Gasteiger partial charge in [0.25, 0.3) is 11.1 Å². The van der Waals surface area contributed by atoms with E-state index in [0.717, 1.165) is 45.8 Å². The van der Waals surface area contributed by atoms with Crippen molar-refractivity contribution in [3.63, 3.8) is 0 Å². The number of rotatable bonds is 11. The number of thioether (sulfide) groups is 1. The van der Waals surface area contributed by atoms with Crippen molar-refractivity contribution in [1.82, 2.24) is 4.90 Å². The third-order valence-electron chi connectivity index (χ3n) is 6.85. The molecule has 1 fully saturated rings. The van der Waals surface area contributed by atoms with Gasteiger partial charge in [-0.2, -0.15) is 0 Å². The van der Waals surface area contributed by atoms with Gasteiger partial charge in [0.15, 0.2) is 0 Å². The smallest absolute Gasteiger partial charge is 0.339 e. The van der Waals surface area contributed by atoms with E-state index in [1.165, 1.54) is 18.2 Å². The van der Waals surface area contributed by atoms with E-state index in [1.807, 2.05) is 61.5 Å². The zero-order valence-electron chi connectivity index (χ0n) is 23.9. The maximum absolute atomic E-state index is 13.2. The summed E-state index contributed by atoms with van der Waals surface area (Å²) in [6.07, 6.45) is 3.18. The van der Waals surface area contributed by atoms with Crippen LogP contribution in [0.3, 0.4) is 0 Å². The molecule has 3 amide bonds. The fourth-order valence-corrected chi connectivity index (χ4v) is 5.60.